The molecule has 1 fully saturated rings. The van der Waals surface area contributed by atoms with Gasteiger partial charge in [0, 0.05) is 24.8 Å². The van der Waals surface area contributed by atoms with Gasteiger partial charge in [-0.25, -0.2) is 0 Å². The van der Waals surface area contributed by atoms with Crippen molar-refractivity contribution in [2.45, 2.75) is 39.3 Å². The van der Waals surface area contributed by atoms with Gasteiger partial charge in [-0.05, 0) is 50.6 Å². The molecule has 1 aliphatic heterocycles. The smallest absolute Gasteiger partial charge is 0.295 e. The van der Waals surface area contributed by atoms with Gasteiger partial charge in [0.2, 0.25) is 0 Å². The van der Waals surface area contributed by atoms with Crippen LogP contribution >= 0.6 is 0 Å². The Bertz CT molecular complexity index is 1010. The molecule has 0 bridgehead atoms. The topological polar surface area (TPSA) is 85.3 Å². The summed E-state index contributed by atoms with van der Waals surface area (Å²) >= 11 is 0. The van der Waals surface area contributed by atoms with Crippen LogP contribution in [0.1, 0.15) is 44.4 Å². The van der Waals surface area contributed by atoms with Gasteiger partial charge in [-0.2, -0.15) is 0 Å². The van der Waals surface area contributed by atoms with Crippen molar-refractivity contribution >= 4 is 17.4 Å². The van der Waals surface area contributed by atoms with Crippen LogP contribution in [0.4, 0.5) is 0 Å². The summed E-state index contributed by atoms with van der Waals surface area (Å²) in [6.45, 7) is 6.86. The first kappa shape index (κ1) is 24.3. The molecule has 7 nitrogen and oxygen atoms in total. The highest BCUT2D eigenvalue weighted by atomic mass is 16.5. The molecule has 0 aromatic heterocycles. The van der Waals surface area contributed by atoms with Crippen molar-refractivity contribution in [3.63, 3.8) is 0 Å². The van der Waals surface area contributed by atoms with Crippen LogP contribution < -0.4 is 9.47 Å². The number of aliphatic hydroxyl groups excluding tert-OH is 1. The second-order valence-electron chi connectivity index (χ2n) is 8.06. The van der Waals surface area contributed by atoms with Crippen LogP contribution in [0.3, 0.4) is 0 Å². The molecule has 2 aromatic rings. The first-order valence-corrected chi connectivity index (χ1v) is 11.1. The first-order valence-electron chi connectivity index (χ1n) is 11.1. The number of nitrogens with zero attached hydrogens (tertiary/aromatic N) is 1. The van der Waals surface area contributed by atoms with Gasteiger partial charge in [0.15, 0.2) is 0 Å². The number of amides is 1. The number of para-hydroxylation sites is 1. The lowest BCUT2D eigenvalue weighted by Gasteiger charge is -2.27. The summed E-state index contributed by atoms with van der Waals surface area (Å²) in [5.41, 5.74) is 1.08. The maximum atomic E-state index is 13.1. The lowest BCUT2D eigenvalue weighted by Crippen LogP contribution is -2.33. The molecule has 1 aliphatic rings. The molecule has 176 valence electrons. The zero-order chi connectivity index (χ0) is 24.0. The average Bonchev–Trinajstić information content (AvgIpc) is 3.06. The molecular weight excluding hydrogens is 422 g/mol. The van der Waals surface area contributed by atoms with Crippen molar-refractivity contribution in [2.24, 2.45) is 0 Å². The number of carbonyl (C=O) groups excluding carboxylic acids is 2. The number of rotatable bonds is 10. The molecule has 3 rings (SSSR count). The lowest BCUT2D eigenvalue weighted by molar-refractivity contribution is -0.140. The monoisotopic (exact) mass is 453 g/mol. The molecule has 0 saturated carbocycles. The van der Waals surface area contributed by atoms with Gasteiger partial charge in [0.1, 0.15) is 17.3 Å². The minimum atomic E-state index is -0.800. The van der Waals surface area contributed by atoms with Gasteiger partial charge in [0.05, 0.1) is 30.9 Å². The minimum Gasteiger partial charge on any atom is -0.507 e. The summed E-state index contributed by atoms with van der Waals surface area (Å²) in [4.78, 5) is 27.5. The molecule has 1 saturated heterocycles. The van der Waals surface area contributed by atoms with Crippen molar-refractivity contribution in [3.05, 3.63) is 65.2 Å². The Morgan fingerprint density at radius 2 is 1.76 bits per heavy atom. The van der Waals surface area contributed by atoms with Crippen molar-refractivity contribution in [3.8, 4) is 11.5 Å². The van der Waals surface area contributed by atoms with E-state index in [1.54, 1.807) is 30.3 Å². The Hall–Kier alpha value is -3.32. The van der Waals surface area contributed by atoms with Crippen LogP contribution in [-0.2, 0) is 14.3 Å². The number of aliphatic hydroxyl groups is 1. The third kappa shape index (κ3) is 5.37. The van der Waals surface area contributed by atoms with E-state index in [0.717, 1.165) is 6.42 Å². The quantitative estimate of drug-likeness (QED) is 0.327. The van der Waals surface area contributed by atoms with Crippen LogP contribution in [0, 0.1) is 0 Å². The van der Waals surface area contributed by atoms with E-state index in [4.69, 9.17) is 14.2 Å². The minimum absolute atomic E-state index is 0.0261. The number of methoxy groups -OCH3 is 1. The molecule has 1 N–H and O–H groups in total. The molecule has 1 atom stereocenters. The highest BCUT2D eigenvalue weighted by Gasteiger charge is 2.46. The molecule has 1 unspecified atom stereocenters. The highest BCUT2D eigenvalue weighted by molar-refractivity contribution is 6.46. The largest absolute Gasteiger partial charge is 0.507 e. The van der Waals surface area contributed by atoms with Crippen LogP contribution in [0.25, 0.3) is 5.76 Å². The van der Waals surface area contributed by atoms with E-state index in [1.807, 2.05) is 39.0 Å². The fourth-order valence-corrected chi connectivity index (χ4v) is 3.78. The molecule has 7 heteroatoms. The van der Waals surface area contributed by atoms with E-state index < -0.39 is 17.7 Å². The van der Waals surface area contributed by atoms with Gasteiger partial charge >= 0.3 is 0 Å². The van der Waals surface area contributed by atoms with Crippen molar-refractivity contribution in [1.82, 2.24) is 4.90 Å². The van der Waals surface area contributed by atoms with Crippen LogP contribution in [-0.4, -0.2) is 54.7 Å². The Morgan fingerprint density at radius 1 is 1.06 bits per heavy atom. The fraction of sp³-hybridized carbons (Fsp3) is 0.385. The molecule has 1 amide bonds. The molecule has 0 spiro atoms. The Kier molecular flexibility index (Phi) is 8.11. The number of hydrogen-bond donors (Lipinski definition) is 1. The third-order valence-corrected chi connectivity index (χ3v) is 5.25. The number of ether oxygens (including phenoxy) is 3. The average molecular weight is 454 g/mol. The third-order valence-electron chi connectivity index (χ3n) is 5.25. The van der Waals surface area contributed by atoms with Crippen LogP contribution in [0.15, 0.2) is 54.1 Å². The molecule has 0 radical (unpaired) electrons. The summed E-state index contributed by atoms with van der Waals surface area (Å²) in [7, 11) is 1.53. The number of hydrogen-bond acceptors (Lipinski definition) is 6. The van der Waals surface area contributed by atoms with Crippen LogP contribution in [0.2, 0.25) is 0 Å². The molecule has 33 heavy (non-hydrogen) atoms. The maximum absolute atomic E-state index is 13.1. The van der Waals surface area contributed by atoms with Gasteiger partial charge in [-0.1, -0.05) is 25.1 Å². The molecule has 1 heterocycles. The van der Waals surface area contributed by atoms with Crippen molar-refractivity contribution < 1.29 is 28.9 Å². The predicted molar refractivity (Wildman–Crippen MR) is 125 cm³/mol. The SMILES string of the molecule is CCCOc1ccc(/C(O)=C2/C(=O)C(=O)N(CCOC)C2c2ccccc2OC(C)C)cc1. The molecule has 0 aliphatic carbocycles. The number of likely N-dealkylation sites (tertiary alicyclic amines) is 1. The molecule has 2 aromatic carbocycles. The number of Topliss-reactive ketones (excluding diaryl/α,β-unsaturated/α-hetero) is 1. The summed E-state index contributed by atoms with van der Waals surface area (Å²) in [6, 6.07) is 13.3. The predicted octanol–water partition coefficient (Wildman–Crippen LogP) is 4.33. The zero-order valence-electron chi connectivity index (χ0n) is 19.5. The van der Waals surface area contributed by atoms with E-state index in [2.05, 4.69) is 0 Å². The van der Waals surface area contributed by atoms with E-state index in [0.29, 0.717) is 29.2 Å². The van der Waals surface area contributed by atoms with Crippen LogP contribution in [0.5, 0.6) is 11.5 Å². The Morgan fingerprint density at radius 3 is 2.39 bits per heavy atom. The number of carbonyl (C=O) groups is 2. The highest BCUT2D eigenvalue weighted by Crippen LogP contribution is 2.42. The first-order chi connectivity index (χ1) is 15.9. The second-order valence-corrected chi connectivity index (χ2v) is 8.06. The Labute approximate surface area is 194 Å². The van der Waals surface area contributed by atoms with Gasteiger partial charge < -0.3 is 24.2 Å². The van der Waals surface area contributed by atoms with E-state index in [-0.39, 0.29) is 30.6 Å². The summed E-state index contributed by atoms with van der Waals surface area (Å²) < 4.78 is 16.7. The fourth-order valence-electron chi connectivity index (χ4n) is 3.78. The van der Waals surface area contributed by atoms with E-state index >= 15 is 0 Å². The normalized spacial score (nSPS) is 17.6. The zero-order valence-corrected chi connectivity index (χ0v) is 19.5. The van der Waals surface area contributed by atoms with Crippen molar-refractivity contribution in [1.29, 1.82) is 0 Å². The molecular formula is C26H31NO6. The van der Waals surface area contributed by atoms with Crippen molar-refractivity contribution in [2.75, 3.05) is 26.9 Å². The standard InChI is InChI=1S/C26H31NO6/c1-5-15-32-19-12-10-18(11-13-19)24(28)22-23(27(14-16-31-4)26(30)25(22)29)20-8-6-7-9-21(20)33-17(2)3/h6-13,17,23,28H,5,14-16H2,1-4H3/b24-22-. The maximum Gasteiger partial charge on any atom is 0.295 e. The number of benzene rings is 2. The van der Waals surface area contributed by atoms with E-state index in [1.165, 1.54) is 12.0 Å². The van der Waals surface area contributed by atoms with Gasteiger partial charge in [-0.3, -0.25) is 9.59 Å². The van der Waals surface area contributed by atoms with E-state index in [9.17, 15) is 14.7 Å². The summed E-state index contributed by atoms with van der Waals surface area (Å²) in [6.07, 6.45) is 0.771. The second kappa shape index (κ2) is 11.0. The summed E-state index contributed by atoms with van der Waals surface area (Å²) in [5.74, 6) is -0.433. The summed E-state index contributed by atoms with van der Waals surface area (Å²) in [5, 5.41) is 11.2. The Balaban J connectivity index is 2.11. The lowest BCUT2D eigenvalue weighted by atomic mass is 9.94. The van der Waals surface area contributed by atoms with Gasteiger partial charge in [0.25, 0.3) is 11.7 Å². The number of ketones is 1. The van der Waals surface area contributed by atoms with Gasteiger partial charge in [-0.15, -0.1) is 0 Å².